The van der Waals surface area contributed by atoms with Gasteiger partial charge >= 0.3 is 5.97 Å². The minimum atomic E-state index is -0.733. The predicted octanol–water partition coefficient (Wildman–Crippen LogP) is 9.03. The molecule has 0 amide bonds. The van der Waals surface area contributed by atoms with E-state index in [-0.39, 0.29) is 10.4 Å². The number of methoxy groups -OCH3 is 1. The van der Waals surface area contributed by atoms with Gasteiger partial charge in [-0.15, -0.1) is 0 Å². The van der Waals surface area contributed by atoms with Crippen molar-refractivity contribution in [3.05, 3.63) is 35.6 Å². The molecule has 2 rings (SSSR count). The summed E-state index contributed by atoms with van der Waals surface area (Å²) in [6.45, 7) is 3.57. The van der Waals surface area contributed by atoms with Gasteiger partial charge in [0.1, 0.15) is 11.9 Å². The van der Waals surface area contributed by atoms with Crippen molar-refractivity contribution in [2.45, 2.75) is 134 Å². The first-order valence-electron chi connectivity index (χ1n) is 15.3. The third kappa shape index (κ3) is 13.1. The highest BCUT2D eigenvalue weighted by atomic mass is 32.2. The Bertz CT molecular complexity index is 782. The van der Waals surface area contributed by atoms with Gasteiger partial charge in [-0.05, 0) is 25.3 Å². The molecule has 1 unspecified atom stereocenters. The zero-order valence-corrected chi connectivity index (χ0v) is 24.9. The molecule has 0 aliphatic carbocycles. The summed E-state index contributed by atoms with van der Waals surface area (Å²) in [7, 11) is 1.34. The van der Waals surface area contributed by atoms with Crippen molar-refractivity contribution in [1.29, 1.82) is 0 Å². The third-order valence-electron chi connectivity index (χ3n) is 7.75. The normalized spacial score (nSPS) is 15.4. The number of rotatable bonds is 20. The van der Waals surface area contributed by atoms with Crippen LogP contribution in [0.1, 0.15) is 134 Å². The van der Waals surface area contributed by atoms with Gasteiger partial charge < -0.3 is 4.74 Å². The van der Waals surface area contributed by atoms with Crippen LogP contribution in [-0.2, 0) is 14.3 Å². The van der Waals surface area contributed by atoms with E-state index in [1.54, 1.807) is 18.2 Å². The van der Waals surface area contributed by atoms with E-state index in [0.29, 0.717) is 25.1 Å². The molecule has 1 aromatic carbocycles. The van der Waals surface area contributed by atoms with E-state index in [1.807, 2.05) is 4.90 Å². The van der Waals surface area contributed by atoms with Gasteiger partial charge in [0.05, 0.1) is 7.11 Å². The molecule has 38 heavy (non-hydrogen) atoms. The van der Waals surface area contributed by atoms with Crippen molar-refractivity contribution in [2.75, 3.05) is 20.2 Å². The lowest BCUT2D eigenvalue weighted by Gasteiger charge is -2.36. The number of benzene rings is 1. The summed E-state index contributed by atoms with van der Waals surface area (Å²) >= 11 is 1.48. The van der Waals surface area contributed by atoms with E-state index in [9.17, 15) is 14.0 Å². The van der Waals surface area contributed by atoms with Crippen LogP contribution in [0.25, 0.3) is 0 Å². The number of carbonyl (C=O) groups excluding carboxylic acids is 2. The monoisotopic (exact) mass is 549 g/mol. The summed E-state index contributed by atoms with van der Waals surface area (Å²) < 4.78 is 19.4. The quantitative estimate of drug-likeness (QED) is 0.120. The fourth-order valence-corrected chi connectivity index (χ4v) is 6.50. The second-order valence-electron chi connectivity index (χ2n) is 10.9. The number of ether oxygens (including phenoxy) is 1. The SMILES string of the molecule is CCCCCCCCCCCCCCCCCC(=O)SC1CCN(C(C(=O)OC)c2ccccc2F)CC1. The van der Waals surface area contributed by atoms with Gasteiger partial charge in [-0.1, -0.05) is 127 Å². The molecular formula is C32H52FNO3S. The summed E-state index contributed by atoms with van der Waals surface area (Å²) in [6, 6.07) is 5.67. The van der Waals surface area contributed by atoms with E-state index in [4.69, 9.17) is 4.74 Å². The van der Waals surface area contributed by atoms with Gasteiger partial charge in [-0.2, -0.15) is 0 Å². The van der Waals surface area contributed by atoms with Crippen LogP contribution in [0, 0.1) is 5.82 Å². The second-order valence-corrected chi connectivity index (χ2v) is 12.2. The lowest BCUT2D eigenvalue weighted by Crippen LogP contribution is -2.41. The molecule has 1 aromatic rings. The molecule has 0 saturated carbocycles. The van der Waals surface area contributed by atoms with E-state index in [0.717, 1.165) is 25.7 Å². The maximum atomic E-state index is 14.4. The number of unbranched alkanes of at least 4 members (excludes halogenated alkanes) is 14. The maximum absolute atomic E-state index is 14.4. The Morgan fingerprint density at radius 2 is 1.37 bits per heavy atom. The standard InChI is InChI=1S/C32H52FNO3S/c1-3-4-5-6-7-8-9-10-11-12-13-14-15-16-17-22-30(35)38-27-23-25-34(26-24-27)31(32(36)37-2)28-20-18-19-21-29(28)33/h18-21,27,31H,3-17,22-26H2,1-2H3. The zero-order valence-electron chi connectivity index (χ0n) is 24.1. The fourth-order valence-electron chi connectivity index (χ4n) is 5.42. The summed E-state index contributed by atoms with van der Waals surface area (Å²) in [5.74, 6) is -0.830. The van der Waals surface area contributed by atoms with Crippen molar-refractivity contribution in [2.24, 2.45) is 0 Å². The Balaban J connectivity index is 1.50. The molecule has 1 atom stereocenters. The van der Waals surface area contributed by atoms with Gasteiger partial charge in [-0.25, -0.2) is 9.18 Å². The first kappa shape index (κ1) is 32.8. The lowest BCUT2D eigenvalue weighted by atomic mass is 10.0. The van der Waals surface area contributed by atoms with Crippen molar-refractivity contribution >= 4 is 22.8 Å². The molecule has 216 valence electrons. The minimum absolute atomic E-state index is 0.272. The second kappa shape index (κ2) is 20.5. The van der Waals surface area contributed by atoms with Crippen LogP contribution in [-0.4, -0.2) is 41.4 Å². The number of likely N-dealkylation sites (tertiary alicyclic amines) is 1. The highest BCUT2D eigenvalue weighted by Crippen LogP contribution is 2.32. The smallest absolute Gasteiger partial charge is 0.327 e. The van der Waals surface area contributed by atoms with Gasteiger partial charge in [0.15, 0.2) is 5.12 Å². The van der Waals surface area contributed by atoms with Crippen molar-refractivity contribution in [1.82, 2.24) is 4.90 Å². The fraction of sp³-hybridized carbons (Fsp3) is 0.750. The topological polar surface area (TPSA) is 46.6 Å². The summed E-state index contributed by atoms with van der Waals surface area (Å²) in [6.07, 6.45) is 22.2. The summed E-state index contributed by atoms with van der Waals surface area (Å²) in [4.78, 5) is 26.9. The molecule has 1 fully saturated rings. The van der Waals surface area contributed by atoms with Gasteiger partial charge in [0.25, 0.3) is 0 Å². The molecule has 6 heteroatoms. The Morgan fingerprint density at radius 1 is 0.868 bits per heavy atom. The highest BCUT2D eigenvalue weighted by molar-refractivity contribution is 8.14. The van der Waals surface area contributed by atoms with Crippen molar-refractivity contribution in [3.63, 3.8) is 0 Å². The molecule has 0 N–H and O–H groups in total. The Morgan fingerprint density at radius 3 is 1.87 bits per heavy atom. The number of piperidine rings is 1. The number of hydrogen-bond acceptors (Lipinski definition) is 5. The molecule has 0 spiro atoms. The first-order chi connectivity index (χ1) is 18.6. The number of nitrogens with zero attached hydrogens (tertiary/aromatic N) is 1. The first-order valence-corrected chi connectivity index (χ1v) is 16.2. The molecule has 0 bridgehead atoms. The Kier molecular flexibility index (Phi) is 17.7. The largest absolute Gasteiger partial charge is 0.468 e. The number of carbonyl (C=O) groups is 2. The van der Waals surface area contributed by atoms with Gasteiger partial charge in [0.2, 0.25) is 0 Å². The number of halogens is 1. The Labute approximate surface area is 235 Å². The maximum Gasteiger partial charge on any atom is 0.327 e. The van der Waals surface area contributed by atoms with Crippen LogP contribution in [0.15, 0.2) is 24.3 Å². The molecule has 4 nitrogen and oxygen atoms in total. The van der Waals surface area contributed by atoms with Crippen molar-refractivity contribution in [3.8, 4) is 0 Å². The van der Waals surface area contributed by atoms with Crippen LogP contribution in [0.4, 0.5) is 4.39 Å². The average molecular weight is 550 g/mol. The van der Waals surface area contributed by atoms with E-state index < -0.39 is 17.8 Å². The minimum Gasteiger partial charge on any atom is -0.468 e. The van der Waals surface area contributed by atoms with E-state index >= 15 is 0 Å². The van der Waals surface area contributed by atoms with Crippen LogP contribution in [0.2, 0.25) is 0 Å². The van der Waals surface area contributed by atoms with Crippen LogP contribution < -0.4 is 0 Å². The van der Waals surface area contributed by atoms with E-state index in [2.05, 4.69) is 6.92 Å². The summed E-state index contributed by atoms with van der Waals surface area (Å²) in [5.41, 5.74) is 0.356. The molecule has 0 radical (unpaired) electrons. The van der Waals surface area contributed by atoms with Gasteiger partial charge in [-0.3, -0.25) is 9.69 Å². The average Bonchev–Trinajstić information content (AvgIpc) is 2.92. The predicted molar refractivity (Wildman–Crippen MR) is 158 cm³/mol. The Hall–Kier alpha value is -1.40. The number of hydrogen-bond donors (Lipinski definition) is 0. The zero-order chi connectivity index (χ0) is 27.4. The number of thioether (sulfide) groups is 1. The molecule has 1 saturated heterocycles. The molecule has 1 heterocycles. The van der Waals surface area contributed by atoms with Gasteiger partial charge in [0, 0.05) is 30.3 Å². The van der Waals surface area contributed by atoms with E-state index in [1.165, 1.54) is 108 Å². The van der Waals surface area contributed by atoms with Crippen LogP contribution >= 0.6 is 11.8 Å². The highest BCUT2D eigenvalue weighted by Gasteiger charge is 2.34. The summed E-state index contributed by atoms with van der Waals surface area (Å²) in [5, 5.41) is 0.561. The lowest BCUT2D eigenvalue weighted by molar-refractivity contribution is -0.147. The van der Waals surface area contributed by atoms with Crippen LogP contribution in [0.5, 0.6) is 0 Å². The van der Waals surface area contributed by atoms with Crippen molar-refractivity contribution < 1.29 is 18.7 Å². The molecule has 1 aliphatic heterocycles. The third-order valence-corrected chi connectivity index (χ3v) is 9.02. The molecular weight excluding hydrogens is 497 g/mol. The molecule has 1 aliphatic rings. The number of esters is 1. The van der Waals surface area contributed by atoms with Crippen LogP contribution in [0.3, 0.4) is 0 Å². The molecule has 0 aromatic heterocycles.